The maximum atomic E-state index is 12.1. The quantitative estimate of drug-likeness (QED) is 0.642. The average Bonchev–Trinajstić information content (AvgIpc) is 3.06. The summed E-state index contributed by atoms with van der Waals surface area (Å²) >= 11 is 0. The lowest BCUT2D eigenvalue weighted by molar-refractivity contribution is -0.385. The molecule has 0 spiro atoms. The maximum Gasteiger partial charge on any atom is 0.319 e. The Kier molecular flexibility index (Phi) is 3.78. The fraction of sp³-hybridized carbons (Fsp3) is 0.364. The van der Waals surface area contributed by atoms with Gasteiger partial charge in [0.2, 0.25) is 5.69 Å². The zero-order valence-corrected chi connectivity index (χ0v) is 11.1. The van der Waals surface area contributed by atoms with Crippen molar-refractivity contribution in [1.82, 2.24) is 24.9 Å². The average molecular weight is 278 g/mol. The maximum absolute atomic E-state index is 12.1. The van der Waals surface area contributed by atoms with Gasteiger partial charge in [0.15, 0.2) is 0 Å². The fourth-order valence-corrected chi connectivity index (χ4v) is 1.77. The molecule has 0 unspecified atom stereocenters. The van der Waals surface area contributed by atoms with E-state index in [-0.39, 0.29) is 11.4 Å². The number of nitro groups is 1. The van der Waals surface area contributed by atoms with Crippen LogP contribution in [0.1, 0.15) is 23.0 Å². The lowest BCUT2D eigenvalue weighted by Gasteiger charge is -2.14. The summed E-state index contributed by atoms with van der Waals surface area (Å²) < 4.78 is 1.74. The monoisotopic (exact) mass is 278 g/mol. The van der Waals surface area contributed by atoms with Gasteiger partial charge in [0.1, 0.15) is 6.20 Å². The highest BCUT2D eigenvalue weighted by atomic mass is 16.6. The van der Waals surface area contributed by atoms with Crippen molar-refractivity contribution in [3.8, 4) is 0 Å². The van der Waals surface area contributed by atoms with Crippen LogP contribution in [0.25, 0.3) is 0 Å². The van der Waals surface area contributed by atoms with Crippen LogP contribution < -0.4 is 0 Å². The Morgan fingerprint density at radius 2 is 2.30 bits per heavy atom. The first-order valence-corrected chi connectivity index (χ1v) is 5.97. The van der Waals surface area contributed by atoms with Crippen molar-refractivity contribution in [1.29, 1.82) is 0 Å². The molecule has 0 atom stereocenters. The number of nitrogens with one attached hydrogen (secondary N) is 1. The number of aromatic nitrogens is 4. The lowest BCUT2D eigenvalue weighted by atomic mass is 10.3. The molecule has 9 nitrogen and oxygen atoms in total. The van der Waals surface area contributed by atoms with Crippen LogP contribution in [0.3, 0.4) is 0 Å². The number of rotatable bonds is 5. The molecule has 2 aromatic rings. The Bertz CT molecular complexity index is 632. The Labute approximate surface area is 114 Å². The van der Waals surface area contributed by atoms with Crippen LogP contribution in [-0.2, 0) is 13.1 Å². The van der Waals surface area contributed by atoms with Crippen molar-refractivity contribution in [3.05, 3.63) is 40.0 Å². The first-order chi connectivity index (χ1) is 9.52. The SMILES string of the molecule is CCn1cc(CN(C)C(=O)c2[nH]ncc2[N+](=O)[O-])cn1. The Balaban J connectivity index is 2.12. The third kappa shape index (κ3) is 2.66. The molecule has 0 saturated carbocycles. The van der Waals surface area contributed by atoms with Crippen LogP contribution in [0.2, 0.25) is 0 Å². The zero-order chi connectivity index (χ0) is 14.7. The highest BCUT2D eigenvalue weighted by molar-refractivity contribution is 5.95. The van der Waals surface area contributed by atoms with E-state index in [0.29, 0.717) is 6.54 Å². The van der Waals surface area contributed by atoms with Crippen molar-refractivity contribution in [3.63, 3.8) is 0 Å². The van der Waals surface area contributed by atoms with Gasteiger partial charge in [-0.05, 0) is 6.92 Å². The second kappa shape index (κ2) is 5.51. The van der Waals surface area contributed by atoms with Gasteiger partial charge in [0.05, 0.1) is 11.1 Å². The second-order valence-corrected chi connectivity index (χ2v) is 4.25. The van der Waals surface area contributed by atoms with Gasteiger partial charge in [-0.15, -0.1) is 0 Å². The number of aromatic amines is 1. The summed E-state index contributed by atoms with van der Waals surface area (Å²) in [4.78, 5) is 23.6. The number of aryl methyl sites for hydroxylation is 1. The molecule has 2 rings (SSSR count). The highest BCUT2D eigenvalue weighted by Gasteiger charge is 2.25. The number of H-pyrrole nitrogens is 1. The van der Waals surface area contributed by atoms with E-state index in [1.807, 2.05) is 13.1 Å². The van der Waals surface area contributed by atoms with E-state index in [1.54, 1.807) is 17.9 Å². The van der Waals surface area contributed by atoms with Crippen LogP contribution in [0.15, 0.2) is 18.6 Å². The standard InChI is InChI=1S/C11H14N6O3/c1-3-16-7-8(4-13-16)6-15(2)11(18)10-9(17(19)20)5-12-14-10/h4-5,7H,3,6H2,1-2H3,(H,12,14). The molecule has 0 fully saturated rings. The summed E-state index contributed by atoms with van der Waals surface area (Å²) in [7, 11) is 1.57. The van der Waals surface area contributed by atoms with E-state index in [1.165, 1.54) is 4.90 Å². The van der Waals surface area contributed by atoms with Gasteiger partial charge in [0, 0.05) is 31.9 Å². The molecule has 1 amide bonds. The normalized spacial score (nSPS) is 10.5. The summed E-state index contributed by atoms with van der Waals surface area (Å²) in [6, 6.07) is 0. The third-order valence-electron chi connectivity index (χ3n) is 2.81. The highest BCUT2D eigenvalue weighted by Crippen LogP contribution is 2.17. The van der Waals surface area contributed by atoms with Crippen molar-refractivity contribution >= 4 is 11.6 Å². The second-order valence-electron chi connectivity index (χ2n) is 4.25. The van der Waals surface area contributed by atoms with Crippen LogP contribution in [0.5, 0.6) is 0 Å². The van der Waals surface area contributed by atoms with Gasteiger partial charge >= 0.3 is 5.69 Å². The summed E-state index contributed by atoms with van der Waals surface area (Å²) in [5.74, 6) is -0.488. The molecule has 0 aliphatic rings. The van der Waals surface area contributed by atoms with E-state index in [0.717, 1.165) is 18.3 Å². The molecule has 0 aromatic carbocycles. The molecule has 20 heavy (non-hydrogen) atoms. The molecule has 0 saturated heterocycles. The van der Waals surface area contributed by atoms with Gasteiger partial charge < -0.3 is 4.90 Å². The molecule has 1 N–H and O–H groups in total. The molecule has 0 aliphatic heterocycles. The van der Waals surface area contributed by atoms with Crippen LogP contribution in [0, 0.1) is 10.1 Å². The van der Waals surface area contributed by atoms with Crippen molar-refractivity contribution in [2.24, 2.45) is 0 Å². The summed E-state index contributed by atoms with van der Waals surface area (Å²) in [5, 5.41) is 20.8. The smallest absolute Gasteiger partial charge is 0.319 e. The van der Waals surface area contributed by atoms with E-state index in [4.69, 9.17) is 0 Å². The van der Waals surface area contributed by atoms with Crippen LogP contribution in [-0.4, -0.2) is 42.8 Å². The number of carbonyl (C=O) groups excluding carboxylic acids is 1. The van der Waals surface area contributed by atoms with Gasteiger partial charge in [-0.25, -0.2) is 0 Å². The Morgan fingerprint density at radius 1 is 1.55 bits per heavy atom. The van der Waals surface area contributed by atoms with Gasteiger partial charge in [0.25, 0.3) is 5.91 Å². The van der Waals surface area contributed by atoms with Crippen LogP contribution >= 0.6 is 0 Å². The molecule has 0 radical (unpaired) electrons. The molecular formula is C11H14N6O3. The minimum absolute atomic E-state index is 0.125. The lowest BCUT2D eigenvalue weighted by Crippen LogP contribution is -2.27. The van der Waals surface area contributed by atoms with Gasteiger partial charge in [-0.1, -0.05) is 0 Å². The summed E-state index contributed by atoms with van der Waals surface area (Å²) in [6.45, 7) is 3.01. The van der Waals surface area contributed by atoms with Crippen LogP contribution in [0.4, 0.5) is 5.69 Å². The summed E-state index contributed by atoms with van der Waals surface area (Å²) in [5.41, 5.74) is 0.399. The first kappa shape index (κ1) is 13.7. The Hall–Kier alpha value is -2.71. The molecule has 2 aromatic heterocycles. The van der Waals surface area contributed by atoms with Gasteiger partial charge in [-0.3, -0.25) is 24.7 Å². The summed E-state index contributed by atoms with van der Waals surface area (Å²) in [6.07, 6.45) is 4.51. The largest absolute Gasteiger partial charge is 0.336 e. The predicted octanol–water partition coefficient (Wildman–Crippen LogP) is 0.806. The Morgan fingerprint density at radius 3 is 2.90 bits per heavy atom. The van der Waals surface area contributed by atoms with Gasteiger partial charge in [-0.2, -0.15) is 10.2 Å². The topological polar surface area (TPSA) is 110 Å². The number of hydrogen-bond acceptors (Lipinski definition) is 5. The minimum Gasteiger partial charge on any atom is -0.336 e. The number of amides is 1. The molecule has 106 valence electrons. The van der Waals surface area contributed by atoms with E-state index < -0.39 is 10.8 Å². The fourth-order valence-electron chi connectivity index (χ4n) is 1.77. The molecular weight excluding hydrogens is 264 g/mol. The first-order valence-electron chi connectivity index (χ1n) is 5.97. The zero-order valence-electron chi connectivity index (χ0n) is 11.1. The number of hydrogen-bond donors (Lipinski definition) is 1. The van der Waals surface area contributed by atoms with Crippen molar-refractivity contribution < 1.29 is 9.72 Å². The molecule has 0 aliphatic carbocycles. The number of nitrogens with zero attached hydrogens (tertiary/aromatic N) is 5. The predicted molar refractivity (Wildman–Crippen MR) is 68.9 cm³/mol. The van der Waals surface area contributed by atoms with E-state index >= 15 is 0 Å². The van der Waals surface area contributed by atoms with E-state index in [9.17, 15) is 14.9 Å². The molecule has 0 bridgehead atoms. The number of carbonyl (C=O) groups is 1. The molecule has 9 heteroatoms. The van der Waals surface area contributed by atoms with Crippen molar-refractivity contribution in [2.75, 3.05) is 7.05 Å². The molecule has 2 heterocycles. The minimum atomic E-state index is -0.639. The van der Waals surface area contributed by atoms with Crippen molar-refractivity contribution in [2.45, 2.75) is 20.0 Å². The van der Waals surface area contributed by atoms with E-state index in [2.05, 4.69) is 15.3 Å². The third-order valence-corrected chi connectivity index (χ3v) is 2.81.